The van der Waals surface area contributed by atoms with Gasteiger partial charge in [-0.1, -0.05) is 11.6 Å². The van der Waals surface area contributed by atoms with Crippen LogP contribution < -0.4 is 10.5 Å². The minimum atomic E-state index is -0.577. The lowest BCUT2D eigenvalue weighted by Crippen LogP contribution is -2.07. The fourth-order valence-corrected chi connectivity index (χ4v) is 1.30. The molecule has 0 aliphatic heterocycles. The second-order valence-corrected chi connectivity index (χ2v) is 2.94. The first kappa shape index (κ1) is 10.7. The number of rotatable bonds is 2. The van der Waals surface area contributed by atoms with Gasteiger partial charge in [-0.2, -0.15) is 0 Å². The highest BCUT2D eigenvalue weighted by atomic mass is 35.5. The van der Waals surface area contributed by atoms with Crippen LogP contribution in [0.25, 0.3) is 0 Å². The number of esters is 1. The van der Waals surface area contributed by atoms with E-state index in [0.717, 1.165) is 0 Å². The van der Waals surface area contributed by atoms with Crippen LogP contribution in [0.4, 0.5) is 5.69 Å². The molecule has 0 aromatic heterocycles. The number of hydrogen-bond acceptors (Lipinski definition) is 4. The van der Waals surface area contributed by atoms with Crippen LogP contribution in [0.5, 0.6) is 5.75 Å². The van der Waals surface area contributed by atoms with Crippen LogP contribution in [0.2, 0.25) is 5.02 Å². The zero-order valence-electron chi connectivity index (χ0n) is 7.83. The van der Waals surface area contributed by atoms with Gasteiger partial charge in [0.05, 0.1) is 24.9 Å². The topological polar surface area (TPSA) is 61.5 Å². The third-order valence-electron chi connectivity index (χ3n) is 1.76. The zero-order chi connectivity index (χ0) is 10.7. The average molecular weight is 216 g/mol. The monoisotopic (exact) mass is 215 g/mol. The molecule has 0 heterocycles. The summed E-state index contributed by atoms with van der Waals surface area (Å²) >= 11 is 5.80. The highest BCUT2D eigenvalue weighted by molar-refractivity contribution is 6.34. The Labute approximate surface area is 86.6 Å². The summed E-state index contributed by atoms with van der Waals surface area (Å²) in [6.07, 6.45) is 0. The number of carbonyl (C=O) groups is 1. The Bertz CT molecular complexity index is 365. The summed E-state index contributed by atoms with van der Waals surface area (Å²) < 4.78 is 9.48. The Morgan fingerprint density at radius 2 is 2.07 bits per heavy atom. The first-order valence-corrected chi connectivity index (χ1v) is 4.20. The number of methoxy groups -OCH3 is 2. The van der Waals surface area contributed by atoms with Gasteiger partial charge in [0.1, 0.15) is 11.3 Å². The maximum atomic E-state index is 11.3. The number of hydrogen-bond donors (Lipinski definition) is 1. The Morgan fingerprint density at radius 1 is 1.43 bits per heavy atom. The Kier molecular flexibility index (Phi) is 3.19. The molecular weight excluding hydrogens is 206 g/mol. The van der Waals surface area contributed by atoms with Crippen molar-refractivity contribution in [3.8, 4) is 5.75 Å². The maximum absolute atomic E-state index is 11.3. The molecule has 1 rings (SSSR count). The Morgan fingerprint density at radius 3 is 2.57 bits per heavy atom. The van der Waals surface area contributed by atoms with Crippen molar-refractivity contribution in [2.24, 2.45) is 0 Å². The summed E-state index contributed by atoms with van der Waals surface area (Å²) in [7, 11) is 2.72. The fraction of sp³-hybridized carbons (Fsp3) is 0.222. The summed E-state index contributed by atoms with van der Waals surface area (Å²) in [5, 5.41) is 0.246. The summed E-state index contributed by atoms with van der Waals surface area (Å²) in [6, 6.07) is 3.12. The van der Waals surface area contributed by atoms with Crippen molar-refractivity contribution >= 4 is 23.3 Å². The molecule has 4 nitrogen and oxygen atoms in total. The maximum Gasteiger partial charge on any atom is 0.341 e. The van der Waals surface area contributed by atoms with E-state index in [1.165, 1.54) is 20.3 Å². The lowest BCUT2D eigenvalue weighted by Gasteiger charge is -2.09. The van der Waals surface area contributed by atoms with Crippen LogP contribution in [-0.4, -0.2) is 20.2 Å². The van der Waals surface area contributed by atoms with Crippen LogP contribution in [0, 0.1) is 0 Å². The van der Waals surface area contributed by atoms with E-state index in [1.54, 1.807) is 6.07 Å². The van der Waals surface area contributed by atoms with Gasteiger partial charge >= 0.3 is 5.97 Å². The predicted octanol–water partition coefficient (Wildman–Crippen LogP) is 1.72. The fourth-order valence-electron chi connectivity index (χ4n) is 1.06. The standard InChI is InChI=1S/C9H10ClNO3/c1-13-6-4-3-5(10)7(8(6)11)9(12)14-2/h3-4H,11H2,1-2H3. The molecule has 0 spiro atoms. The van der Waals surface area contributed by atoms with Crippen molar-refractivity contribution in [3.63, 3.8) is 0 Å². The molecule has 2 N–H and O–H groups in total. The Hall–Kier alpha value is -1.42. The average Bonchev–Trinajstić information content (AvgIpc) is 2.18. The molecule has 1 aromatic rings. The van der Waals surface area contributed by atoms with Gasteiger partial charge in [0, 0.05) is 0 Å². The molecule has 0 fully saturated rings. The van der Waals surface area contributed by atoms with Gasteiger partial charge in [-0.3, -0.25) is 0 Å². The number of anilines is 1. The normalized spacial score (nSPS) is 9.64. The quantitative estimate of drug-likeness (QED) is 0.603. The predicted molar refractivity (Wildman–Crippen MR) is 53.8 cm³/mol. The van der Waals surface area contributed by atoms with Crippen molar-refractivity contribution in [2.75, 3.05) is 20.0 Å². The van der Waals surface area contributed by atoms with Gasteiger partial charge in [-0.05, 0) is 12.1 Å². The van der Waals surface area contributed by atoms with E-state index < -0.39 is 5.97 Å². The number of halogens is 1. The van der Waals surface area contributed by atoms with E-state index in [1.807, 2.05) is 0 Å². The van der Waals surface area contributed by atoms with Crippen molar-refractivity contribution in [1.82, 2.24) is 0 Å². The minimum absolute atomic E-state index is 0.133. The summed E-state index contributed by atoms with van der Waals surface area (Å²) in [4.78, 5) is 11.3. The largest absolute Gasteiger partial charge is 0.495 e. The minimum Gasteiger partial charge on any atom is -0.495 e. The van der Waals surface area contributed by atoms with E-state index >= 15 is 0 Å². The molecule has 5 heteroatoms. The summed E-state index contributed by atoms with van der Waals surface area (Å²) in [6.45, 7) is 0. The van der Waals surface area contributed by atoms with Crippen molar-refractivity contribution in [1.29, 1.82) is 0 Å². The van der Waals surface area contributed by atoms with Crippen molar-refractivity contribution in [3.05, 3.63) is 22.7 Å². The third-order valence-corrected chi connectivity index (χ3v) is 2.08. The van der Waals surface area contributed by atoms with Gasteiger partial charge in [-0.15, -0.1) is 0 Å². The smallest absolute Gasteiger partial charge is 0.341 e. The number of nitrogens with two attached hydrogens (primary N) is 1. The molecule has 0 unspecified atom stereocenters. The van der Waals surface area contributed by atoms with Crippen LogP contribution in [0.15, 0.2) is 12.1 Å². The number of nitrogen functional groups attached to an aromatic ring is 1. The van der Waals surface area contributed by atoms with Gasteiger partial charge in [-0.25, -0.2) is 4.79 Å². The van der Waals surface area contributed by atoms with Crippen LogP contribution in [0.1, 0.15) is 10.4 Å². The van der Waals surface area contributed by atoms with Gasteiger partial charge in [0.25, 0.3) is 0 Å². The van der Waals surface area contributed by atoms with E-state index in [2.05, 4.69) is 4.74 Å². The van der Waals surface area contributed by atoms with E-state index in [9.17, 15) is 4.79 Å². The molecule has 0 atom stereocenters. The SMILES string of the molecule is COC(=O)c1c(Cl)ccc(OC)c1N. The lowest BCUT2D eigenvalue weighted by molar-refractivity contribution is 0.0602. The highest BCUT2D eigenvalue weighted by Gasteiger charge is 2.17. The molecule has 1 aromatic carbocycles. The summed E-state index contributed by atoms with van der Waals surface area (Å²) in [5.41, 5.74) is 5.98. The zero-order valence-corrected chi connectivity index (χ0v) is 8.59. The molecule has 0 aliphatic rings. The number of carbonyl (C=O) groups excluding carboxylic acids is 1. The molecule has 76 valence electrons. The molecule has 0 saturated carbocycles. The second-order valence-electron chi connectivity index (χ2n) is 2.53. The lowest BCUT2D eigenvalue weighted by atomic mass is 10.1. The number of benzene rings is 1. The van der Waals surface area contributed by atoms with Crippen molar-refractivity contribution in [2.45, 2.75) is 0 Å². The summed E-state index contributed by atoms with van der Waals surface area (Å²) in [5.74, 6) is -0.179. The van der Waals surface area contributed by atoms with E-state index in [4.69, 9.17) is 22.1 Å². The Balaban J connectivity index is 3.32. The van der Waals surface area contributed by atoms with Gasteiger partial charge in [0.15, 0.2) is 0 Å². The van der Waals surface area contributed by atoms with Crippen LogP contribution in [0.3, 0.4) is 0 Å². The highest BCUT2D eigenvalue weighted by Crippen LogP contribution is 2.31. The second kappa shape index (κ2) is 4.19. The first-order valence-electron chi connectivity index (χ1n) is 3.82. The van der Waals surface area contributed by atoms with E-state index in [0.29, 0.717) is 5.75 Å². The third kappa shape index (κ3) is 1.75. The molecule has 0 saturated heterocycles. The van der Waals surface area contributed by atoms with Crippen LogP contribution in [-0.2, 0) is 4.74 Å². The molecule has 14 heavy (non-hydrogen) atoms. The molecule has 0 bridgehead atoms. The molecule has 0 amide bonds. The molecular formula is C9H10ClNO3. The number of ether oxygens (including phenoxy) is 2. The van der Waals surface area contributed by atoms with Gasteiger partial charge < -0.3 is 15.2 Å². The molecule has 0 aliphatic carbocycles. The van der Waals surface area contributed by atoms with Crippen LogP contribution >= 0.6 is 11.6 Å². The molecule has 0 radical (unpaired) electrons. The van der Waals surface area contributed by atoms with Crippen molar-refractivity contribution < 1.29 is 14.3 Å². The van der Waals surface area contributed by atoms with E-state index in [-0.39, 0.29) is 16.3 Å². The van der Waals surface area contributed by atoms with Gasteiger partial charge in [0.2, 0.25) is 0 Å². The first-order chi connectivity index (χ1) is 6.61.